The van der Waals surface area contributed by atoms with Gasteiger partial charge in [-0.3, -0.25) is 0 Å². The van der Waals surface area contributed by atoms with E-state index in [1.54, 1.807) is 6.66 Å². The summed E-state index contributed by atoms with van der Waals surface area (Å²) in [5, 5.41) is 18.9. The van der Waals surface area contributed by atoms with Crippen LogP contribution in [0.1, 0.15) is 11.1 Å². The van der Waals surface area contributed by atoms with Crippen molar-refractivity contribution in [3.8, 4) is 11.5 Å². The van der Waals surface area contributed by atoms with Crippen molar-refractivity contribution in [1.82, 2.24) is 0 Å². The summed E-state index contributed by atoms with van der Waals surface area (Å²) in [5.41, 5.74) is 6.25. The van der Waals surface area contributed by atoms with Crippen LogP contribution in [0.25, 0.3) is 5.83 Å². The summed E-state index contributed by atoms with van der Waals surface area (Å²) < 4.78 is 22.7. The van der Waals surface area contributed by atoms with E-state index in [4.69, 9.17) is 34.6 Å². The molecule has 0 heterocycles. The lowest BCUT2D eigenvalue weighted by atomic mass is 10.0. The molecule has 1 rings (SSSR count). The average Bonchev–Trinajstić information content (AvgIpc) is 2.49. The lowest BCUT2D eigenvalue weighted by Crippen LogP contribution is -2.31. The highest BCUT2D eigenvalue weighted by molar-refractivity contribution is 7.39. The van der Waals surface area contributed by atoms with E-state index in [9.17, 15) is 9.50 Å². The van der Waals surface area contributed by atoms with E-state index in [2.05, 4.69) is 8.58 Å². The van der Waals surface area contributed by atoms with Gasteiger partial charge in [-0.2, -0.15) is 0 Å². The first-order valence-electron chi connectivity index (χ1n) is 5.64. The zero-order valence-corrected chi connectivity index (χ0v) is 13.3. The average molecular weight is 356 g/mol. The van der Waals surface area contributed by atoms with Gasteiger partial charge in [0.1, 0.15) is 29.4 Å². The highest BCUT2D eigenvalue weighted by Gasteiger charge is 2.21. The molecular formula is C12H13Cl2FNO4P. The summed E-state index contributed by atoms with van der Waals surface area (Å²) in [5.74, 6) is -1.67. The highest BCUT2D eigenvalue weighted by Crippen LogP contribution is 2.38. The molecule has 9 heteroatoms. The monoisotopic (exact) mass is 355 g/mol. The third-order valence-corrected chi connectivity index (χ3v) is 4.02. The second-order valence-electron chi connectivity index (χ2n) is 3.95. The van der Waals surface area contributed by atoms with Crippen LogP contribution in [-0.4, -0.2) is 28.4 Å². The molecule has 0 bridgehead atoms. The van der Waals surface area contributed by atoms with Gasteiger partial charge in [0.2, 0.25) is 0 Å². The molecule has 0 fully saturated rings. The molecule has 1 aromatic carbocycles. The van der Waals surface area contributed by atoms with Gasteiger partial charge in [-0.15, -0.1) is 0 Å². The number of hydrogen-bond donors (Lipinski definition) is 3. The second kappa shape index (κ2) is 8.41. The summed E-state index contributed by atoms with van der Waals surface area (Å²) in [6.07, 6.45) is 0.339. The molecule has 0 saturated carbocycles. The molecule has 0 amide bonds. The quantitative estimate of drug-likeness (QED) is 0.537. The SMILES string of the molecule is CP=C(OCl)C(N)Cc1ccc(OCl)c(/C(F)=C/O)c1O. The van der Waals surface area contributed by atoms with Gasteiger partial charge in [0.05, 0.1) is 23.5 Å². The van der Waals surface area contributed by atoms with Crippen LogP contribution in [0.3, 0.4) is 0 Å². The van der Waals surface area contributed by atoms with Gasteiger partial charge in [0.25, 0.3) is 0 Å². The minimum Gasteiger partial charge on any atom is -0.513 e. The van der Waals surface area contributed by atoms with E-state index in [-0.39, 0.29) is 24.0 Å². The minimum absolute atomic E-state index is 0.138. The maximum atomic E-state index is 13.6. The van der Waals surface area contributed by atoms with Crippen LogP contribution in [0.4, 0.5) is 4.39 Å². The summed E-state index contributed by atoms with van der Waals surface area (Å²) in [4.78, 5) is 0. The number of phenols is 1. The Bertz CT molecular complexity index is 568. The summed E-state index contributed by atoms with van der Waals surface area (Å²) >= 11 is 10.5. The first-order valence-corrected chi connectivity index (χ1v) is 7.60. The zero-order chi connectivity index (χ0) is 16.0. The van der Waals surface area contributed by atoms with E-state index in [1.165, 1.54) is 12.1 Å². The Kier molecular flexibility index (Phi) is 7.22. The van der Waals surface area contributed by atoms with Gasteiger partial charge in [-0.05, 0) is 24.7 Å². The van der Waals surface area contributed by atoms with Crippen molar-refractivity contribution in [3.63, 3.8) is 0 Å². The standard InChI is InChI=1S/C12H13Cl2FNO4P/c1-21-12(20-14)8(16)4-6-2-3-9(19-13)10(11(6)18)7(15)5-17/h2-3,5,8,17-18H,4,16H2,1H3/b7-5-. The Morgan fingerprint density at radius 3 is 2.67 bits per heavy atom. The number of benzene rings is 1. The van der Waals surface area contributed by atoms with Crippen molar-refractivity contribution in [2.45, 2.75) is 12.5 Å². The highest BCUT2D eigenvalue weighted by atomic mass is 35.5. The molecular weight excluding hydrogens is 343 g/mol. The van der Waals surface area contributed by atoms with Crippen molar-refractivity contribution < 1.29 is 23.2 Å². The molecule has 0 aliphatic rings. The van der Waals surface area contributed by atoms with E-state index >= 15 is 0 Å². The third kappa shape index (κ3) is 4.22. The fourth-order valence-electron chi connectivity index (χ4n) is 1.72. The molecule has 4 N–H and O–H groups in total. The molecule has 1 unspecified atom stereocenters. The molecule has 0 aromatic heterocycles. The maximum absolute atomic E-state index is 13.6. The van der Waals surface area contributed by atoms with Crippen molar-refractivity contribution in [2.75, 3.05) is 6.66 Å². The van der Waals surface area contributed by atoms with Gasteiger partial charge >= 0.3 is 0 Å². The molecule has 0 aliphatic heterocycles. The Labute approximate surface area is 132 Å². The van der Waals surface area contributed by atoms with Crippen LogP contribution < -0.4 is 10.0 Å². The summed E-state index contributed by atoms with van der Waals surface area (Å²) in [7, 11) is 0.732. The predicted octanol–water partition coefficient (Wildman–Crippen LogP) is 3.50. The first kappa shape index (κ1) is 18.0. The Morgan fingerprint density at radius 2 is 2.19 bits per heavy atom. The molecule has 116 valence electrons. The van der Waals surface area contributed by atoms with Crippen molar-refractivity contribution >= 4 is 43.2 Å². The minimum atomic E-state index is -1.09. The smallest absolute Gasteiger partial charge is 0.172 e. The Balaban J connectivity index is 3.22. The fourth-order valence-corrected chi connectivity index (χ4v) is 2.66. The molecule has 5 nitrogen and oxygen atoms in total. The second-order valence-corrected chi connectivity index (χ2v) is 5.15. The third-order valence-electron chi connectivity index (χ3n) is 2.72. The van der Waals surface area contributed by atoms with Crippen LogP contribution in [-0.2, 0) is 10.7 Å². The van der Waals surface area contributed by atoms with Crippen LogP contribution in [0.15, 0.2) is 18.4 Å². The van der Waals surface area contributed by atoms with Crippen molar-refractivity contribution in [3.05, 3.63) is 29.5 Å². The maximum Gasteiger partial charge on any atom is 0.172 e. The topological polar surface area (TPSA) is 84.9 Å². The number of hydrogen-bond acceptors (Lipinski definition) is 5. The van der Waals surface area contributed by atoms with Gasteiger partial charge in [-0.25, -0.2) is 8.68 Å². The van der Waals surface area contributed by atoms with E-state index in [0.717, 1.165) is 8.20 Å². The number of rotatable bonds is 6. The lowest BCUT2D eigenvalue weighted by Gasteiger charge is -2.15. The van der Waals surface area contributed by atoms with Crippen LogP contribution in [0.5, 0.6) is 11.5 Å². The fraction of sp³-hybridized carbons (Fsp3) is 0.250. The molecule has 0 spiro atoms. The van der Waals surface area contributed by atoms with Gasteiger partial charge in [0.15, 0.2) is 11.6 Å². The lowest BCUT2D eigenvalue weighted by molar-refractivity contribution is 0.448. The molecule has 0 radical (unpaired) electrons. The van der Waals surface area contributed by atoms with Crippen LogP contribution >= 0.6 is 31.9 Å². The number of halogens is 3. The van der Waals surface area contributed by atoms with Gasteiger partial charge < -0.3 is 20.2 Å². The van der Waals surface area contributed by atoms with E-state index < -0.39 is 17.6 Å². The number of aliphatic hydroxyl groups is 1. The Morgan fingerprint density at radius 1 is 1.52 bits per heavy atom. The molecule has 0 saturated heterocycles. The molecule has 1 atom stereocenters. The molecule has 0 aliphatic carbocycles. The van der Waals surface area contributed by atoms with Crippen LogP contribution in [0, 0.1) is 0 Å². The summed E-state index contributed by atoms with van der Waals surface area (Å²) in [6.45, 7) is 1.78. The van der Waals surface area contributed by atoms with Gasteiger partial charge in [0, 0.05) is 0 Å². The number of aliphatic hydroxyl groups excluding tert-OH is 1. The van der Waals surface area contributed by atoms with Crippen molar-refractivity contribution in [2.24, 2.45) is 5.73 Å². The zero-order valence-electron chi connectivity index (χ0n) is 10.9. The van der Waals surface area contributed by atoms with Crippen LogP contribution in [0.2, 0.25) is 0 Å². The normalized spacial score (nSPS) is 14.1. The number of nitrogens with two attached hydrogens (primary N) is 1. The Hall–Kier alpha value is -1.04. The van der Waals surface area contributed by atoms with Gasteiger partial charge in [-0.1, -0.05) is 14.3 Å². The summed E-state index contributed by atoms with van der Waals surface area (Å²) in [6, 6.07) is 2.22. The van der Waals surface area contributed by atoms with E-state index in [1.807, 2.05) is 0 Å². The first-order chi connectivity index (χ1) is 9.99. The number of phenolic OH excluding ortho intramolecular Hbond substituents is 1. The van der Waals surface area contributed by atoms with Crippen molar-refractivity contribution in [1.29, 1.82) is 0 Å². The molecule has 21 heavy (non-hydrogen) atoms. The predicted molar refractivity (Wildman–Crippen MR) is 82.8 cm³/mol. The largest absolute Gasteiger partial charge is 0.513 e. The number of aromatic hydroxyl groups is 1. The molecule has 1 aromatic rings. The van der Waals surface area contributed by atoms with E-state index in [0.29, 0.717) is 11.0 Å².